The summed E-state index contributed by atoms with van der Waals surface area (Å²) in [6.45, 7) is 2.34. The highest BCUT2D eigenvalue weighted by Gasteiger charge is 2.16. The van der Waals surface area contributed by atoms with Crippen molar-refractivity contribution in [1.29, 1.82) is 0 Å². The van der Waals surface area contributed by atoms with Gasteiger partial charge < -0.3 is 4.42 Å². The predicted octanol–water partition coefficient (Wildman–Crippen LogP) is 6.35. The highest BCUT2D eigenvalue weighted by Crippen LogP contribution is 2.28. The summed E-state index contributed by atoms with van der Waals surface area (Å²) in [7, 11) is 0. The van der Waals surface area contributed by atoms with Crippen LogP contribution in [0.5, 0.6) is 0 Å². The van der Waals surface area contributed by atoms with Crippen LogP contribution in [0.1, 0.15) is 17.0 Å². The third-order valence-corrected chi connectivity index (χ3v) is 6.54. The number of para-hydroxylation sites is 1. The number of hydrogen-bond acceptors (Lipinski definition) is 5. The van der Waals surface area contributed by atoms with Crippen LogP contribution >= 0.6 is 23.4 Å². The predicted molar refractivity (Wildman–Crippen MR) is 133 cm³/mol. The highest BCUT2D eigenvalue weighted by atomic mass is 35.5. The molecular weight excluding hydrogens is 454 g/mol. The number of fused-ring (bicyclic) bond motifs is 1. The minimum Gasteiger partial charge on any atom is -0.441 e. The van der Waals surface area contributed by atoms with Crippen molar-refractivity contribution in [2.24, 2.45) is 0 Å². The molecule has 0 amide bonds. The van der Waals surface area contributed by atoms with Gasteiger partial charge in [0.2, 0.25) is 5.89 Å². The van der Waals surface area contributed by atoms with Gasteiger partial charge >= 0.3 is 0 Å². The van der Waals surface area contributed by atoms with Crippen LogP contribution in [0.15, 0.2) is 93.2 Å². The van der Waals surface area contributed by atoms with E-state index in [4.69, 9.17) is 21.0 Å². The lowest BCUT2D eigenvalue weighted by molar-refractivity contribution is 0.540. The second-order valence-electron chi connectivity index (χ2n) is 7.61. The topological polar surface area (TPSA) is 60.9 Å². The SMILES string of the molecule is Cc1oc(-c2cccc(Cl)c2)nc1CSc1nc2ccccc2c(=O)n1Cc1ccccc1. The van der Waals surface area contributed by atoms with Gasteiger partial charge in [0.15, 0.2) is 5.16 Å². The van der Waals surface area contributed by atoms with Gasteiger partial charge in [0.05, 0.1) is 23.1 Å². The van der Waals surface area contributed by atoms with Crippen molar-refractivity contribution in [2.75, 3.05) is 0 Å². The summed E-state index contributed by atoms with van der Waals surface area (Å²) < 4.78 is 7.62. The molecule has 0 spiro atoms. The van der Waals surface area contributed by atoms with Crippen molar-refractivity contribution in [3.05, 3.63) is 111 Å². The maximum atomic E-state index is 13.3. The van der Waals surface area contributed by atoms with E-state index in [0.29, 0.717) is 39.3 Å². The summed E-state index contributed by atoms with van der Waals surface area (Å²) in [5.41, 5.74) is 3.31. The standard InChI is InChI=1S/C26H20ClN3O2S/c1-17-23(28-24(32-17)19-10-7-11-20(27)14-19)16-33-26-29-22-13-6-5-12-21(22)25(31)30(26)15-18-8-3-2-4-9-18/h2-14H,15-16H2,1H3. The molecule has 0 atom stereocenters. The first kappa shape index (κ1) is 21.5. The van der Waals surface area contributed by atoms with Gasteiger partial charge in [-0.1, -0.05) is 71.9 Å². The summed E-state index contributed by atoms with van der Waals surface area (Å²) in [5.74, 6) is 1.78. The van der Waals surface area contributed by atoms with Gasteiger partial charge in [0.1, 0.15) is 5.76 Å². The van der Waals surface area contributed by atoms with Crippen molar-refractivity contribution in [3.63, 3.8) is 0 Å². The van der Waals surface area contributed by atoms with Crippen LogP contribution in [0, 0.1) is 6.92 Å². The summed E-state index contributed by atoms with van der Waals surface area (Å²) in [5, 5.41) is 1.89. The summed E-state index contributed by atoms with van der Waals surface area (Å²) in [6, 6.07) is 24.8. The normalized spacial score (nSPS) is 11.2. The molecule has 5 nitrogen and oxygen atoms in total. The molecule has 2 aromatic heterocycles. The van der Waals surface area contributed by atoms with Gasteiger partial charge in [-0.2, -0.15) is 0 Å². The number of aryl methyl sites for hydroxylation is 1. The largest absolute Gasteiger partial charge is 0.441 e. The van der Waals surface area contributed by atoms with Crippen LogP contribution in [-0.2, 0) is 12.3 Å². The van der Waals surface area contributed by atoms with Crippen molar-refractivity contribution >= 4 is 34.3 Å². The molecule has 0 aliphatic rings. The van der Waals surface area contributed by atoms with Gasteiger partial charge in [0.25, 0.3) is 5.56 Å². The lowest BCUT2D eigenvalue weighted by Crippen LogP contribution is -2.24. The molecule has 164 valence electrons. The number of benzene rings is 3. The Morgan fingerprint density at radius 2 is 1.76 bits per heavy atom. The van der Waals surface area contributed by atoms with E-state index in [0.717, 1.165) is 22.6 Å². The van der Waals surface area contributed by atoms with E-state index in [-0.39, 0.29) is 5.56 Å². The van der Waals surface area contributed by atoms with E-state index in [9.17, 15) is 4.79 Å². The third kappa shape index (κ3) is 4.58. The molecule has 33 heavy (non-hydrogen) atoms. The molecule has 0 radical (unpaired) electrons. The molecule has 7 heteroatoms. The molecule has 0 saturated carbocycles. The quantitative estimate of drug-likeness (QED) is 0.212. The maximum Gasteiger partial charge on any atom is 0.262 e. The molecular formula is C26H20ClN3O2S. The van der Waals surface area contributed by atoms with Crippen LogP contribution in [0.25, 0.3) is 22.4 Å². The highest BCUT2D eigenvalue weighted by molar-refractivity contribution is 7.98. The molecule has 0 bridgehead atoms. The Kier molecular flexibility index (Phi) is 6.03. The minimum absolute atomic E-state index is 0.0524. The maximum absolute atomic E-state index is 13.3. The molecule has 2 heterocycles. The van der Waals surface area contributed by atoms with Crippen LogP contribution in [-0.4, -0.2) is 14.5 Å². The van der Waals surface area contributed by atoms with E-state index in [2.05, 4.69) is 4.98 Å². The van der Waals surface area contributed by atoms with E-state index < -0.39 is 0 Å². The van der Waals surface area contributed by atoms with E-state index in [1.54, 1.807) is 4.57 Å². The summed E-state index contributed by atoms with van der Waals surface area (Å²) >= 11 is 7.59. The zero-order valence-corrected chi connectivity index (χ0v) is 19.4. The summed E-state index contributed by atoms with van der Waals surface area (Å²) in [4.78, 5) is 22.8. The molecule has 0 N–H and O–H groups in total. The number of rotatable bonds is 6. The zero-order valence-electron chi connectivity index (χ0n) is 17.9. The van der Waals surface area contributed by atoms with Gasteiger partial charge in [0, 0.05) is 16.3 Å². The molecule has 0 aliphatic carbocycles. The minimum atomic E-state index is -0.0524. The Balaban J connectivity index is 1.49. The van der Waals surface area contributed by atoms with Gasteiger partial charge in [-0.25, -0.2) is 9.97 Å². The Hall–Kier alpha value is -3.35. The molecule has 0 fully saturated rings. The van der Waals surface area contributed by atoms with E-state index in [1.165, 1.54) is 11.8 Å². The number of nitrogens with zero attached hydrogens (tertiary/aromatic N) is 3. The van der Waals surface area contributed by atoms with Crippen LogP contribution in [0.3, 0.4) is 0 Å². The first-order valence-corrected chi connectivity index (χ1v) is 11.8. The lowest BCUT2D eigenvalue weighted by atomic mass is 10.2. The first-order valence-electron chi connectivity index (χ1n) is 10.5. The van der Waals surface area contributed by atoms with Crippen molar-refractivity contribution in [1.82, 2.24) is 14.5 Å². The Morgan fingerprint density at radius 3 is 2.58 bits per heavy atom. The Labute approximate surface area is 200 Å². The number of aromatic nitrogens is 3. The van der Waals surface area contributed by atoms with Crippen molar-refractivity contribution < 1.29 is 4.42 Å². The molecule has 0 unspecified atom stereocenters. The summed E-state index contributed by atoms with van der Waals surface area (Å²) in [6.07, 6.45) is 0. The molecule has 0 aliphatic heterocycles. The molecule has 5 aromatic rings. The number of halogens is 1. The number of hydrogen-bond donors (Lipinski definition) is 0. The van der Waals surface area contributed by atoms with E-state index in [1.807, 2.05) is 85.8 Å². The zero-order chi connectivity index (χ0) is 22.8. The lowest BCUT2D eigenvalue weighted by Gasteiger charge is -2.13. The van der Waals surface area contributed by atoms with Crippen molar-refractivity contribution in [3.8, 4) is 11.5 Å². The molecule has 0 saturated heterocycles. The molecule has 3 aromatic carbocycles. The smallest absolute Gasteiger partial charge is 0.262 e. The second-order valence-corrected chi connectivity index (χ2v) is 8.99. The van der Waals surface area contributed by atoms with Crippen LogP contribution < -0.4 is 5.56 Å². The Bertz CT molecular complexity index is 1490. The monoisotopic (exact) mass is 473 g/mol. The van der Waals surface area contributed by atoms with Gasteiger partial charge in [-0.05, 0) is 42.8 Å². The fourth-order valence-corrected chi connectivity index (χ4v) is 4.79. The second kappa shape index (κ2) is 9.25. The fraction of sp³-hybridized carbons (Fsp3) is 0.115. The third-order valence-electron chi connectivity index (χ3n) is 5.31. The average molecular weight is 474 g/mol. The first-order chi connectivity index (χ1) is 16.1. The van der Waals surface area contributed by atoms with E-state index >= 15 is 0 Å². The number of thioether (sulfide) groups is 1. The number of oxazole rings is 1. The van der Waals surface area contributed by atoms with Gasteiger partial charge in [-0.15, -0.1) is 0 Å². The van der Waals surface area contributed by atoms with Crippen LogP contribution in [0.2, 0.25) is 5.02 Å². The van der Waals surface area contributed by atoms with Gasteiger partial charge in [-0.3, -0.25) is 9.36 Å². The Morgan fingerprint density at radius 1 is 0.970 bits per heavy atom. The van der Waals surface area contributed by atoms with Crippen LogP contribution in [0.4, 0.5) is 0 Å². The molecule has 5 rings (SSSR count). The van der Waals surface area contributed by atoms with Crippen molar-refractivity contribution in [2.45, 2.75) is 24.4 Å². The average Bonchev–Trinajstić information content (AvgIpc) is 3.21. The fourth-order valence-electron chi connectivity index (χ4n) is 3.60.